The SMILES string of the molecule is CN(C)CCCCCO[SiH3]. The summed E-state index contributed by atoms with van der Waals surface area (Å²) in [5.74, 6) is 0. The molecule has 0 bridgehead atoms. The quantitative estimate of drug-likeness (QED) is 0.402. The molecule has 0 rings (SSSR count). The van der Waals surface area contributed by atoms with E-state index in [1.165, 1.54) is 25.8 Å². The average Bonchev–Trinajstić information content (AvgIpc) is 1.87. The van der Waals surface area contributed by atoms with Gasteiger partial charge in [-0.2, -0.15) is 0 Å². The molecule has 0 saturated carbocycles. The van der Waals surface area contributed by atoms with Gasteiger partial charge >= 0.3 is 0 Å². The van der Waals surface area contributed by atoms with Crippen molar-refractivity contribution in [3.8, 4) is 0 Å². The summed E-state index contributed by atoms with van der Waals surface area (Å²) in [6.45, 7) is 2.18. The Morgan fingerprint density at radius 1 is 1.20 bits per heavy atom. The average molecular weight is 161 g/mol. The van der Waals surface area contributed by atoms with Crippen LogP contribution in [0.25, 0.3) is 0 Å². The third-order valence-electron chi connectivity index (χ3n) is 1.45. The molecule has 0 radical (unpaired) electrons. The number of unbranched alkanes of at least 4 members (excludes halogenated alkanes) is 2. The number of hydrogen-bond acceptors (Lipinski definition) is 2. The van der Waals surface area contributed by atoms with Gasteiger partial charge in [-0.3, -0.25) is 0 Å². The standard InChI is InChI=1S/C7H19NOSi/c1-8(2)6-4-3-5-7-9-10/h3-7H2,1-2,10H3. The molecule has 0 heterocycles. The van der Waals surface area contributed by atoms with Crippen LogP contribution < -0.4 is 0 Å². The molecule has 3 heteroatoms. The van der Waals surface area contributed by atoms with E-state index in [1.54, 1.807) is 0 Å². The van der Waals surface area contributed by atoms with Gasteiger partial charge in [0.15, 0.2) is 0 Å². The second-order valence-electron chi connectivity index (χ2n) is 2.86. The van der Waals surface area contributed by atoms with Gasteiger partial charge in [-0.25, -0.2) is 0 Å². The highest BCUT2D eigenvalue weighted by molar-refractivity contribution is 5.97. The van der Waals surface area contributed by atoms with Crippen LogP contribution in [0.4, 0.5) is 0 Å². The molecular formula is C7H19NOSi. The normalized spacial score (nSPS) is 11.1. The molecule has 0 spiro atoms. The van der Waals surface area contributed by atoms with Crippen LogP contribution in [0.2, 0.25) is 0 Å². The summed E-state index contributed by atoms with van der Waals surface area (Å²) >= 11 is 0. The number of hydrogen-bond donors (Lipinski definition) is 0. The van der Waals surface area contributed by atoms with Gasteiger partial charge in [0, 0.05) is 6.61 Å². The van der Waals surface area contributed by atoms with E-state index >= 15 is 0 Å². The first kappa shape index (κ1) is 10.1. The van der Waals surface area contributed by atoms with Crippen molar-refractivity contribution in [2.75, 3.05) is 27.2 Å². The van der Waals surface area contributed by atoms with Crippen molar-refractivity contribution in [1.29, 1.82) is 0 Å². The smallest absolute Gasteiger partial charge is 0.145 e. The van der Waals surface area contributed by atoms with Crippen LogP contribution in [0.1, 0.15) is 19.3 Å². The summed E-state index contributed by atoms with van der Waals surface area (Å²) in [7, 11) is 5.12. The van der Waals surface area contributed by atoms with E-state index in [9.17, 15) is 0 Å². The summed E-state index contributed by atoms with van der Waals surface area (Å²) in [6, 6.07) is 0. The molecule has 0 aliphatic rings. The Kier molecular flexibility index (Phi) is 7.35. The Morgan fingerprint density at radius 2 is 1.90 bits per heavy atom. The molecule has 0 unspecified atom stereocenters. The predicted molar refractivity (Wildman–Crippen MR) is 48.3 cm³/mol. The van der Waals surface area contributed by atoms with Crippen molar-refractivity contribution in [2.45, 2.75) is 19.3 Å². The fourth-order valence-electron chi connectivity index (χ4n) is 0.851. The van der Waals surface area contributed by atoms with Gasteiger partial charge < -0.3 is 9.33 Å². The Labute approximate surface area is 67.1 Å². The van der Waals surface area contributed by atoms with E-state index in [0.29, 0.717) is 0 Å². The molecule has 0 fully saturated rings. The van der Waals surface area contributed by atoms with Crippen LogP contribution in [0.5, 0.6) is 0 Å². The van der Waals surface area contributed by atoms with E-state index in [1.807, 2.05) is 0 Å². The van der Waals surface area contributed by atoms with Gasteiger partial charge in [0.2, 0.25) is 0 Å². The maximum Gasteiger partial charge on any atom is 0.145 e. The Bertz CT molecular complexity index is 68.6. The first-order valence-corrected chi connectivity index (χ1v) is 4.72. The van der Waals surface area contributed by atoms with E-state index in [2.05, 4.69) is 19.0 Å². The molecule has 62 valence electrons. The Balaban J connectivity index is 2.77. The zero-order valence-electron chi connectivity index (χ0n) is 7.39. The lowest BCUT2D eigenvalue weighted by molar-refractivity contribution is 0.323. The van der Waals surface area contributed by atoms with Crippen molar-refractivity contribution in [2.24, 2.45) is 0 Å². The van der Waals surface area contributed by atoms with Crippen LogP contribution in [0.3, 0.4) is 0 Å². The summed E-state index contributed by atoms with van der Waals surface area (Å²) < 4.78 is 5.07. The summed E-state index contributed by atoms with van der Waals surface area (Å²) in [6.07, 6.45) is 3.84. The van der Waals surface area contributed by atoms with Crippen molar-refractivity contribution in [3.63, 3.8) is 0 Å². The Hall–Kier alpha value is 0.137. The van der Waals surface area contributed by atoms with E-state index in [4.69, 9.17) is 4.43 Å². The van der Waals surface area contributed by atoms with Crippen molar-refractivity contribution in [3.05, 3.63) is 0 Å². The molecule has 0 aromatic rings. The van der Waals surface area contributed by atoms with Crippen molar-refractivity contribution >= 4 is 10.5 Å². The van der Waals surface area contributed by atoms with Gasteiger partial charge in [0.05, 0.1) is 0 Å². The summed E-state index contributed by atoms with van der Waals surface area (Å²) in [5.41, 5.74) is 0. The fourth-order valence-corrected chi connectivity index (χ4v) is 1.14. The lowest BCUT2D eigenvalue weighted by Crippen LogP contribution is -2.12. The van der Waals surface area contributed by atoms with Gasteiger partial charge in [0.1, 0.15) is 10.5 Å². The molecule has 0 atom stereocenters. The highest BCUT2D eigenvalue weighted by atomic mass is 28.2. The van der Waals surface area contributed by atoms with E-state index in [-0.39, 0.29) is 0 Å². The van der Waals surface area contributed by atoms with Crippen molar-refractivity contribution in [1.82, 2.24) is 4.90 Å². The molecule has 0 aromatic carbocycles. The zero-order valence-corrected chi connectivity index (χ0v) is 9.39. The first-order chi connectivity index (χ1) is 4.77. The monoisotopic (exact) mass is 161 g/mol. The minimum absolute atomic E-state index is 0.894. The largest absolute Gasteiger partial charge is 0.428 e. The topological polar surface area (TPSA) is 12.5 Å². The molecule has 0 N–H and O–H groups in total. The molecule has 0 aliphatic carbocycles. The summed E-state index contributed by atoms with van der Waals surface area (Å²) in [4.78, 5) is 2.22. The molecule has 0 aliphatic heterocycles. The maximum atomic E-state index is 5.07. The van der Waals surface area contributed by atoms with E-state index < -0.39 is 0 Å². The second kappa shape index (κ2) is 7.25. The highest BCUT2D eigenvalue weighted by Crippen LogP contribution is 1.95. The molecule has 0 amide bonds. The van der Waals surface area contributed by atoms with Gasteiger partial charge in [-0.05, 0) is 39.9 Å². The molecule has 0 aromatic heterocycles. The first-order valence-electron chi connectivity index (χ1n) is 3.91. The van der Waals surface area contributed by atoms with Crippen LogP contribution >= 0.6 is 0 Å². The van der Waals surface area contributed by atoms with Crippen LogP contribution in [0.15, 0.2) is 0 Å². The molecule has 0 saturated heterocycles. The molecular weight excluding hydrogens is 142 g/mol. The zero-order chi connectivity index (χ0) is 7.82. The molecule has 2 nitrogen and oxygen atoms in total. The van der Waals surface area contributed by atoms with Crippen molar-refractivity contribution < 1.29 is 4.43 Å². The van der Waals surface area contributed by atoms with Gasteiger partial charge in [0.25, 0.3) is 0 Å². The molecule has 10 heavy (non-hydrogen) atoms. The minimum Gasteiger partial charge on any atom is -0.428 e. The number of rotatable bonds is 6. The highest BCUT2D eigenvalue weighted by Gasteiger charge is 1.89. The lowest BCUT2D eigenvalue weighted by atomic mass is 10.2. The second-order valence-corrected chi connectivity index (χ2v) is 3.43. The minimum atomic E-state index is 0.894. The number of nitrogens with zero attached hydrogens (tertiary/aromatic N) is 1. The van der Waals surface area contributed by atoms with Gasteiger partial charge in [-0.1, -0.05) is 0 Å². The third kappa shape index (κ3) is 8.14. The van der Waals surface area contributed by atoms with Gasteiger partial charge in [-0.15, -0.1) is 0 Å². The van der Waals surface area contributed by atoms with Crippen LogP contribution in [0, 0.1) is 0 Å². The third-order valence-corrected chi connectivity index (χ3v) is 1.86. The lowest BCUT2D eigenvalue weighted by Gasteiger charge is -2.07. The predicted octanol–water partition coefficient (Wildman–Crippen LogP) is 0.0153. The summed E-state index contributed by atoms with van der Waals surface area (Å²) in [5, 5.41) is 0. The fraction of sp³-hybridized carbons (Fsp3) is 1.00. The Morgan fingerprint density at radius 3 is 2.40 bits per heavy atom. The van der Waals surface area contributed by atoms with Crippen LogP contribution in [-0.2, 0) is 4.43 Å². The van der Waals surface area contributed by atoms with E-state index in [0.717, 1.165) is 17.1 Å². The maximum absolute atomic E-state index is 5.07. The van der Waals surface area contributed by atoms with Crippen LogP contribution in [-0.4, -0.2) is 42.6 Å².